The number of rotatable bonds is 2. The van der Waals surface area contributed by atoms with Gasteiger partial charge in [-0.2, -0.15) is 0 Å². The number of hydrogen-bond donors (Lipinski definition) is 2. The van der Waals surface area contributed by atoms with Crippen molar-refractivity contribution in [2.45, 2.75) is 6.92 Å². The van der Waals surface area contributed by atoms with Gasteiger partial charge in [-0.05, 0) is 12.5 Å². The van der Waals surface area contributed by atoms with Gasteiger partial charge in [-0.3, -0.25) is 4.79 Å². The number of phenolic OH excluding ortho intramolecular Hbond substituents is 2. The summed E-state index contributed by atoms with van der Waals surface area (Å²) in [7, 11) is 0. The van der Waals surface area contributed by atoms with Gasteiger partial charge < -0.3 is 10.2 Å². The van der Waals surface area contributed by atoms with Crippen LogP contribution in [0.3, 0.4) is 0 Å². The minimum absolute atomic E-state index is 0.0137. The minimum atomic E-state index is -0.285. The first kappa shape index (κ1) is 13.2. The van der Waals surface area contributed by atoms with Gasteiger partial charge in [0.15, 0.2) is 5.78 Å². The first-order valence-electron chi connectivity index (χ1n) is 6.64. The van der Waals surface area contributed by atoms with Gasteiger partial charge in [0.1, 0.15) is 11.5 Å². The fraction of sp³-hybridized carbons (Fsp3) is 0.0556. The van der Waals surface area contributed by atoms with Crippen molar-refractivity contribution in [3.63, 3.8) is 0 Å². The maximum atomic E-state index is 12.0. The van der Waals surface area contributed by atoms with Crippen LogP contribution < -0.4 is 0 Å². The smallest absolute Gasteiger partial charge is 0.164 e. The first-order valence-corrected chi connectivity index (χ1v) is 6.64. The Bertz CT molecular complexity index is 836. The van der Waals surface area contributed by atoms with Crippen LogP contribution in [-0.2, 0) is 0 Å². The maximum absolute atomic E-state index is 12.0. The molecule has 0 amide bonds. The van der Waals surface area contributed by atoms with Gasteiger partial charge in [0, 0.05) is 16.3 Å². The number of benzene rings is 3. The topological polar surface area (TPSA) is 57.5 Å². The maximum Gasteiger partial charge on any atom is 0.164 e. The van der Waals surface area contributed by atoms with E-state index in [0.29, 0.717) is 21.9 Å². The van der Waals surface area contributed by atoms with Crippen LogP contribution in [0.1, 0.15) is 17.3 Å². The van der Waals surface area contributed by atoms with Crippen LogP contribution in [-0.4, -0.2) is 16.0 Å². The molecule has 21 heavy (non-hydrogen) atoms. The molecule has 0 spiro atoms. The molecule has 0 aromatic heterocycles. The summed E-state index contributed by atoms with van der Waals surface area (Å²) in [6.07, 6.45) is 0. The highest BCUT2D eigenvalue weighted by Gasteiger charge is 2.22. The van der Waals surface area contributed by atoms with Crippen LogP contribution in [0.15, 0.2) is 54.6 Å². The Balaban J connectivity index is 2.51. The van der Waals surface area contributed by atoms with E-state index >= 15 is 0 Å². The van der Waals surface area contributed by atoms with Crippen molar-refractivity contribution in [2.75, 3.05) is 0 Å². The lowest BCUT2D eigenvalue weighted by Crippen LogP contribution is -1.99. The summed E-state index contributed by atoms with van der Waals surface area (Å²) in [5.74, 6) is -0.359. The molecule has 3 rings (SSSR count). The SMILES string of the molecule is CC(=O)c1c(-c2ccccc2)c(O)c2ccccc2c1O. The highest BCUT2D eigenvalue weighted by atomic mass is 16.3. The molecule has 0 saturated heterocycles. The number of phenols is 2. The molecular formula is C18H14O3. The Morgan fingerprint density at radius 2 is 1.33 bits per heavy atom. The van der Waals surface area contributed by atoms with E-state index in [2.05, 4.69) is 0 Å². The summed E-state index contributed by atoms with van der Waals surface area (Å²) in [4.78, 5) is 12.0. The Labute approximate surface area is 122 Å². The molecule has 2 N–H and O–H groups in total. The number of Topliss-reactive ketones (excluding diaryl/α,β-unsaturated/α-hetero) is 1. The largest absolute Gasteiger partial charge is 0.507 e. The van der Waals surface area contributed by atoms with Crippen molar-refractivity contribution in [3.05, 3.63) is 60.2 Å². The van der Waals surface area contributed by atoms with E-state index in [9.17, 15) is 15.0 Å². The lowest BCUT2D eigenvalue weighted by atomic mass is 9.91. The minimum Gasteiger partial charge on any atom is -0.507 e. The number of ketones is 1. The molecule has 3 heteroatoms. The average Bonchev–Trinajstić information content (AvgIpc) is 2.51. The molecule has 0 saturated carbocycles. The molecule has 0 radical (unpaired) electrons. The van der Waals surface area contributed by atoms with E-state index < -0.39 is 0 Å². The molecule has 3 aromatic carbocycles. The molecule has 0 bridgehead atoms. The Morgan fingerprint density at radius 1 is 0.810 bits per heavy atom. The molecule has 3 aromatic rings. The summed E-state index contributed by atoms with van der Waals surface area (Å²) >= 11 is 0. The second-order valence-corrected chi connectivity index (χ2v) is 4.92. The quantitative estimate of drug-likeness (QED) is 0.547. The highest BCUT2D eigenvalue weighted by molar-refractivity contribution is 6.13. The first-order chi connectivity index (χ1) is 10.1. The van der Waals surface area contributed by atoms with Crippen molar-refractivity contribution in [1.82, 2.24) is 0 Å². The molecule has 0 aliphatic carbocycles. The monoisotopic (exact) mass is 278 g/mol. The van der Waals surface area contributed by atoms with Crippen molar-refractivity contribution in [1.29, 1.82) is 0 Å². The van der Waals surface area contributed by atoms with Gasteiger partial charge in [0.25, 0.3) is 0 Å². The van der Waals surface area contributed by atoms with Gasteiger partial charge in [-0.25, -0.2) is 0 Å². The second-order valence-electron chi connectivity index (χ2n) is 4.92. The highest BCUT2D eigenvalue weighted by Crippen LogP contribution is 2.44. The molecule has 0 atom stereocenters. The molecule has 3 nitrogen and oxygen atoms in total. The van der Waals surface area contributed by atoms with Crippen LogP contribution in [0.4, 0.5) is 0 Å². The summed E-state index contributed by atoms with van der Waals surface area (Å²) in [5.41, 5.74) is 1.22. The van der Waals surface area contributed by atoms with E-state index in [4.69, 9.17) is 0 Å². The van der Waals surface area contributed by atoms with E-state index in [-0.39, 0.29) is 22.8 Å². The third-order valence-corrected chi connectivity index (χ3v) is 3.58. The fourth-order valence-electron chi connectivity index (χ4n) is 2.63. The number of hydrogen-bond acceptors (Lipinski definition) is 3. The van der Waals surface area contributed by atoms with Crippen molar-refractivity contribution >= 4 is 16.6 Å². The fourth-order valence-corrected chi connectivity index (χ4v) is 2.63. The lowest BCUT2D eigenvalue weighted by molar-refractivity contribution is 0.101. The Kier molecular flexibility index (Phi) is 3.10. The van der Waals surface area contributed by atoms with Crippen LogP contribution >= 0.6 is 0 Å². The molecular weight excluding hydrogens is 264 g/mol. The molecule has 0 aliphatic heterocycles. The third kappa shape index (κ3) is 2.03. The predicted octanol–water partition coefficient (Wildman–Crippen LogP) is 4.12. The van der Waals surface area contributed by atoms with Crippen LogP contribution in [0, 0.1) is 0 Å². The Hall–Kier alpha value is -2.81. The normalized spacial score (nSPS) is 10.7. The zero-order valence-electron chi connectivity index (χ0n) is 11.5. The van der Waals surface area contributed by atoms with Crippen LogP contribution in [0.25, 0.3) is 21.9 Å². The number of carbonyl (C=O) groups is 1. The van der Waals surface area contributed by atoms with Gasteiger partial charge in [-0.15, -0.1) is 0 Å². The van der Waals surface area contributed by atoms with Gasteiger partial charge in [0.2, 0.25) is 0 Å². The molecule has 0 aliphatic rings. The molecule has 104 valence electrons. The summed E-state index contributed by atoms with van der Waals surface area (Å²) in [6.45, 7) is 1.38. The third-order valence-electron chi connectivity index (χ3n) is 3.58. The van der Waals surface area contributed by atoms with E-state index in [0.717, 1.165) is 0 Å². The van der Waals surface area contributed by atoms with E-state index in [1.807, 2.05) is 18.2 Å². The number of fused-ring (bicyclic) bond motifs is 1. The van der Waals surface area contributed by atoms with E-state index in [1.54, 1.807) is 36.4 Å². The predicted molar refractivity (Wildman–Crippen MR) is 82.7 cm³/mol. The van der Waals surface area contributed by atoms with Gasteiger partial charge >= 0.3 is 0 Å². The number of carbonyl (C=O) groups excluding carboxylic acids is 1. The van der Waals surface area contributed by atoms with Crippen molar-refractivity contribution < 1.29 is 15.0 Å². The summed E-state index contributed by atoms with van der Waals surface area (Å²) in [6, 6.07) is 16.1. The lowest BCUT2D eigenvalue weighted by Gasteiger charge is -2.15. The van der Waals surface area contributed by atoms with Crippen LogP contribution in [0.5, 0.6) is 11.5 Å². The zero-order valence-corrected chi connectivity index (χ0v) is 11.5. The van der Waals surface area contributed by atoms with Gasteiger partial charge in [-0.1, -0.05) is 54.6 Å². The van der Waals surface area contributed by atoms with Crippen molar-refractivity contribution in [3.8, 4) is 22.6 Å². The second kappa shape index (κ2) is 4.94. The molecule has 0 unspecified atom stereocenters. The van der Waals surface area contributed by atoms with Gasteiger partial charge in [0.05, 0.1) is 5.56 Å². The van der Waals surface area contributed by atoms with Crippen molar-refractivity contribution in [2.24, 2.45) is 0 Å². The standard InChI is InChI=1S/C18H14O3/c1-11(19)15-16(12-7-3-2-4-8-12)18(21)14-10-6-5-9-13(14)17(15)20/h2-10,20-21H,1H3. The Morgan fingerprint density at radius 3 is 1.90 bits per heavy atom. The summed E-state index contributed by atoms with van der Waals surface area (Å²) < 4.78 is 0. The molecule has 0 fully saturated rings. The van der Waals surface area contributed by atoms with E-state index in [1.165, 1.54) is 6.92 Å². The average molecular weight is 278 g/mol. The molecule has 0 heterocycles. The number of aromatic hydroxyl groups is 2. The summed E-state index contributed by atoms with van der Waals surface area (Å²) in [5, 5.41) is 22.0. The zero-order chi connectivity index (χ0) is 15.0. The van der Waals surface area contributed by atoms with Crippen LogP contribution in [0.2, 0.25) is 0 Å².